The highest BCUT2D eigenvalue weighted by atomic mass is 16.5. The van der Waals surface area contributed by atoms with Crippen molar-refractivity contribution in [2.24, 2.45) is 4.99 Å². The predicted octanol–water partition coefficient (Wildman–Crippen LogP) is 2.69. The van der Waals surface area contributed by atoms with Crippen LogP contribution >= 0.6 is 0 Å². The Morgan fingerprint density at radius 3 is 2.86 bits per heavy atom. The zero-order valence-corrected chi connectivity index (χ0v) is 16.9. The molecule has 7 nitrogen and oxygen atoms in total. The number of benzene rings is 1. The number of carbonyl (C=O) groups is 1. The van der Waals surface area contributed by atoms with Gasteiger partial charge in [-0.15, -0.1) is 0 Å². The number of amides is 1. The second-order valence-electron chi connectivity index (χ2n) is 7.38. The maximum atomic E-state index is 11.9. The average Bonchev–Trinajstić information content (AvgIpc) is 3.14. The highest BCUT2D eigenvalue weighted by molar-refractivity contribution is 5.85. The van der Waals surface area contributed by atoms with E-state index in [-0.39, 0.29) is 24.6 Å². The van der Waals surface area contributed by atoms with Crippen molar-refractivity contribution in [3.05, 3.63) is 36.1 Å². The maximum absolute atomic E-state index is 11.9. The SMILES string of the molecule is CC(NC(=NCC(=O)N(C)C)NCC1CCCCO1)c1cc2ccccc2o1. The molecule has 2 aromatic rings. The number of carbonyl (C=O) groups excluding carboxylic acids is 1. The number of fused-ring (bicyclic) bond motifs is 1. The van der Waals surface area contributed by atoms with E-state index < -0.39 is 0 Å². The van der Waals surface area contributed by atoms with Crippen molar-refractivity contribution in [2.75, 3.05) is 33.8 Å². The second-order valence-corrected chi connectivity index (χ2v) is 7.38. The molecule has 3 rings (SSSR count). The number of ether oxygens (including phenoxy) is 1. The van der Waals surface area contributed by atoms with Gasteiger partial charge in [0.05, 0.1) is 12.1 Å². The Bertz CT molecular complexity index is 776. The quantitative estimate of drug-likeness (QED) is 0.589. The molecule has 2 unspecified atom stereocenters. The van der Waals surface area contributed by atoms with Gasteiger partial charge in [-0.3, -0.25) is 4.79 Å². The number of guanidine groups is 1. The first kappa shape index (κ1) is 20.2. The van der Waals surface area contributed by atoms with Gasteiger partial charge < -0.3 is 24.7 Å². The van der Waals surface area contributed by atoms with E-state index >= 15 is 0 Å². The molecule has 1 saturated heterocycles. The summed E-state index contributed by atoms with van der Waals surface area (Å²) in [5, 5.41) is 7.73. The number of hydrogen-bond acceptors (Lipinski definition) is 4. The normalized spacial score (nSPS) is 18.7. The molecule has 2 N–H and O–H groups in total. The Labute approximate surface area is 166 Å². The summed E-state index contributed by atoms with van der Waals surface area (Å²) in [6.07, 6.45) is 3.51. The molecule has 0 spiro atoms. The molecule has 0 saturated carbocycles. The first-order valence-electron chi connectivity index (χ1n) is 9.88. The van der Waals surface area contributed by atoms with Crippen LogP contribution in [-0.4, -0.2) is 56.7 Å². The van der Waals surface area contributed by atoms with Gasteiger partial charge in [0.2, 0.25) is 5.91 Å². The minimum Gasteiger partial charge on any atom is -0.459 e. The summed E-state index contributed by atoms with van der Waals surface area (Å²) in [7, 11) is 3.45. The summed E-state index contributed by atoms with van der Waals surface area (Å²) in [6.45, 7) is 3.57. The van der Waals surface area contributed by atoms with Crippen molar-refractivity contribution < 1.29 is 13.9 Å². The van der Waals surface area contributed by atoms with Crippen molar-refractivity contribution in [1.82, 2.24) is 15.5 Å². The molecule has 2 heterocycles. The smallest absolute Gasteiger partial charge is 0.243 e. The van der Waals surface area contributed by atoms with E-state index in [9.17, 15) is 4.79 Å². The van der Waals surface area contributed by atoms with E-state index in [2.05, 4.69) is 15.6 Å². The van der Waals surface area contributed by atoms with Gasteiger partial charge in [0, 0.05) is 32.6 Å². The zero-order valence-electron chi connectivity index (χ0n) is 16.9. The summed E-state index contributed by atoms with van der Waals surface area (Å²) in [4.78, 5) is 17.9. The lowest BCUT2D eigenvalue weighted by molar-refractivity contribution is -0.127. The molecule has 1 aliphatic heterocycles. The molecule has 1 aromatic heterocycles. The Morgan fingerprint density at radius 1 is 1.32 bits per heavy atom. The van der Waals surface area contributed by atoms with Gasteiger partial charge in [-0.25, -0.2) is 4.99 Å². The van der Waals surface area contributed by atoms with Crippen LogP contribution in [0.4, 0.5) is 0 Å². The van der Waals surface area contributed by atoms with Crippen LogP contribution in [0.2, 0.25) is 0 Å². The Morgan fingerprint density at radius 2 is 2.14 bits per heavy atom. The van der Waals surface area contributed by atoms with Gasteiger partial charge in [0.25, 0.3) is 0 Å². The third-order valence-electron chi connectivity index (χ3n) is 4.87. The molecule has 28 heavy (non-hydrogen) atoms. The number of furan rings is 1. The molecule has 152 valence electrons. The number of aliphatic imine (C=N–C) groups is 1. The van der Waals surface area contributed by atoms with E-state index in [0.717, 1.165) is 36.2 Å². The van der Waals surface area contributed by atoms with Crippen molar-refractivity contribution in [2.45, 2.75) is 38.3 Å². The Balaban J connectivity index is 1.67. The summed E-state index contributed by atoms with van der Waals surface area (Å²) >= 11 is 0. The number of hydrogen-bond donors (Lipinski definition) is 2. The zero-order chi connectivity index (χ0) is 19.9. The van der Waals surface area contributed by atoms with E-state index in [1.165, 1.54) is 11.3 Å². The molecule has 1 aromatic carbocycles. The van der Waals surface area contributed by atoms with Crippen molar-refractivity contribution in [3.63, 3.8) is 0 Å². The minimum atomic E-state index is -0.0969. The molecule has 2 atom stereocenters. The van der Waals surface area contributed by atoms with Crippen molar-refractivity contribution >= 4 is 22.8 Å². The van der Waals surface area contributed by atoms with Crippen LogP contribution in [0.25, 0.3) is 11.0 Å². The number of nitrogens with zero attached hydrogens (tertiary/aromatic N) is 2. The molecule has 0 radical (unpaired) electrons. The number of nitrogens with one attached hydrogen (secondary N) is 2. The lowest BCUT2D eigenvalue weighted by Gasteiger charge is -2.24. The summed E-state index contributed by atoms with van der Waals surface area (Å²) in [5.74, 6) is 1.35. The standard InChI is InChI=1S/C21H30N4O3/c1-15(19-12-16-8-4-5-10-18(16)28-19)24-21(23-14-20(26)25(2)3)22-13-17-9-6-7-11-27-17/h4-5,8,10,12,15,17H,6-7,9,11,13-14H2,1-3H3,(H2,22,23,24). The second kappa shape index (κ2) is 9.59. The third kappa shape index (κ3) is 5.48. The summed E-state index contributed by atoms with van der Waals surface area (Å²) < 4.78 is 11.7. The Kier molecular flexibility index (Phi) is 6.92. The van der Waals surface area contributed by atoms with Gasteiger partial charge in [-0.05, 0) is 38.3 Å². The van der Waals surface area contributed by atoms with E-state index in [4.69, 9.17) is 9.15 Å². The molecule has 0 bridgehead atoms. The molecular formula is C21H30N4O3. The topological polar surface area (TPSA) is 79.1 Å². The van der Waals surface area contributed by atoms with Gasteiger partial charge in [-0.1, -0.05) is 18.2 Å². The average molecular weight is 386 g/mol. The van der Waals surface area contributed by atoms with E-state index in [0.29, 0.717) is 12.5 Å². The maximum Gasteiger partial charge on any atom is 0.243 e. The van der Waals surface area contributed by atoms with E-state index in [1.807, 2.05) is 37.3 Å². The minimum absolute atomic E-state index is 0.0496. The first-order valence-corrected chi connectivity index (χ1v) is 9.88. The van der Waals surface area contributed by atoms with Crippen LogP contribution in [0.3, 0.4) is 0 Å². The highest BCUT2D eigenvalue weighted by Gasteiger charge is 2.17. The number of rotatable bonds is 6. The first-order chi connectivity index (χ1) is 13.5. The van der Waals surface area contributed by atoms with Gasteiger partial charge in [-0.2, -0.15) is 0 Å². The van der Waals surface area contributed by atoms with Crippen LogP contribution in [0.1, 0.15) is 38.0 Å². The van der Waals surface area contributed by atoms with Crippen LogP contribution in [0, 0.1) is 0 Å². The fourth-order valence-corrected chi connectivity index (χ4v) is 3.11. The lowest BCUT2D eigenvalue weighted by atomic mass is 10.1. The Hall–Kier alpha value is -2.54. The van der Waals surface area contributed by atoms with Gasteiger partial charge >= 0.3 is 0 Å². The third-order valence-corrected chi connectivity index (χ3v) is 4.87. The lowest BCUT2D eigenvalue weighted by Crippen LogP contribution is -2.44. The molecular weight excluding hydrogens is 356 g/mol. The van der Waals surface area contributed by atoms with Crippen LogP contribution in [0.15, 0.2) is 39.7 Å². The van der Waals surface area contributed by atoms with Crippen LogP contribution in [0.5, 0.6) is 0 Å². The monoisotopic (exact) mass is 386 g/mol. The summed E-state index contributed by atoms with van der Waals surface area (Å²) in [6, 6.07) is 9.86. The molecule has 0 aliphatic carbocycles. The number of likely N-dealkylation sites (N-methyl/N-ethyl adjacent to an activating group) is 1. The fourth-order valence-electron chi connectivity index (χ4n) is 3.11. The largest absolute Gasteiger partial charge is 0.459 e. The molecule has 7 heteroatoms. The van der Waals surface area contributed by atoms with Crippen molar-refractivity contribution in [3.8, 4) is 0 Å². The fraction of sp³-hybridized carbons (Fsp3) is 0.524. The molecule has 1 amide bonds. The molecule has 1 fully saturated rings. The number of para-hydroxylation sites is 1. The predicted molar refractivity (Wildman–Crippen MR) is 110 cm³/mol. The van der Waals surface area contributed by atoms with Gasteiger partial charge in [0.15, 0.2) is 5.96 Å². The van der Waals surface area contributed by atoms with Gasteiger partial charge in [0.1, 0.15) is 17.9 Å². The van der Waals surface area contributed by atoms with Crippen LogP contribution in [-0.2, 0) is 9.53 Å². The van der Waals surface area contributed by atoms with Crippen molar-refractivity contribution in [1.29, 1.82) is 0 Å². The van der Waals surface area contributed by atoms with E-state index in [1.54, 1.807) is 14.1 Å². The molecule has 1 aliphatic rings. The highest BCUT2D eigenvalue weighted by Crippen LogP contribution is 2.23. The van der Waals surface area contributed by atoms with Crippen LogP contribution < -0.4 is 10.6 Å². The summed E-state index contributed by atoms with van der Waals surface area (Å²) in [5.41, 5.74) is 0.857.